The lowest BCUT2D eigenvalue weighted by atomic mass is 10.3. The lowest BCUT2D eigenvalue weighted by molar-refractivity contribution is -0.274. The lowest BCUT2D eigenvalue weighted by Gasteiger charge is -2.13. The summed E-state index contributed by atoms with van der Waals surface area (Å²) in [5, 5.41) is 0. The molecule has 0 aliphatic rings. The van der Waals surface area contributed by atoms with Gasteiger partial charge in [-0.05, 0) is 31.2 Å². The van der Waals surface area contributed by atoms with Crippen LogP contribution in [-0.4, -0.2) is 27.4 Å². The fourth-order valence-corrected chi connectivity index (χ4v) is 2.46. The Morgan fingerprint density at radius 2 is 1.84 bits per heavy atom. The molecule has 1 aromatic carbocycles. The molecule has 9 heteroatoms. The molecule has 108 valence electrons. The van der Waals surface area contributed by atoms with Crippen LogP contribution in [0.4, 0.5) is 13.2 Å². The van der Waals surface area contributed by atoms with E-state index in [4.69, 9.17) is 5.73 Å². The van der Waals surface area contributed by atoms with Gasteiger partial charge in [0.25, 0.3) is 0 Å². The zero-order valence-electron chi connectivity index (χ0n) is 9.94. The minimum atomic E-state index is -4.81. The van der Waals surface area contributed by atoms with E-state index in [1.54, 1.807) is 6.92 Å². The van der Waals surface area contributed by atoms with Crippen LogP contribution < -0.4 is 15.2 Å². The van der Waals surface area contributed by atoms with Crippen molar-refractivity contribution in [1.29, 1.82) is 0 Å². The number of alkyl halides is 3. The highest BCUT2D eigenvalue weighted by Gasteiger charge is 2.31. The van der Waals surface area contributed by atoms with Crippen molar-refractivity contribution in [3.63, 3.8) is 0 Å². The average Bonchev–Trinajstić information content (AvgIpc) is 2.26. The molecule has 1 rings (SSSR count). The van der Waals surface area contributed by atoms with Crippen LogP contribution in [0.1, 0.15) is 6.92 Å². The SMILES string of the molecule is CC(CN)NS(=O)(=O)c1ccc(OC(F)(F)F)cc1. The van der Waals surface area contributed by atoms with E-state index in [0.29, 0.717) is 0 Å². The fourth-order valence-electron chi connectivity index (χ4n) is 1.20. The molecule has 0 aliphatic heterocycles. The Morgan fingerprint density at radius 1 is 1.32 bits per heavy atom. The van der Waals surface area contributed by atoms with Crippen molar-refractivity contribution in [3.05, 3.63) is 24.3 Å². The first kappa shape index (κ1) is 15.7. The first-order valence-corrected chi connectivity index (χ1v) is 6.70. The Bertz CT molecular complexity index is 514. The fraction of sp³-hybridized carbons (Fsp3) is 0.400. The van der Waals surface area contributed by atoms with Crippen molar-refractivity contribution >= 4 is 10.0 Å². The number of hydrogen-bond acceptors (Lipinski definition) is 4. The second-order valence-corrected chi connectivity index (χ2v) is 5.49. The van der Waals surface area contributed by atoms with E-state index in [2.05, 4.69) is 9.46 Å². The monoisotopic (exact) mass is 298 g/mol. The van der Waals surface area contributed by atoms with Gasteiger partial charge in [-0.3, -0.25) is 0 Å². The number of nitrogens with one attached hydrogen (secondary N) is 1. The number of sulfonamides is 1. The van der Waals surface area contributed by atoms with Crippen molar-refractivity contribution in [3.8, 4) is 5.75 Å². The topological polar surface area (TPSA) is 81.4 Å². The molecule has 1 unspecified atom stereocenters. The quantitative estimate of drug-likeness (QED) is 0.856. The normalized spacial score (nSPS) is 14.2. The maximum absolute atomic E-state index is 11.9. The van der Waals surface area contributed by atoms with Gasteiger partial charge in [-0.15, -0.1) is 13.2 Å². The number of nitrogens with two attached hydrogens (primary N) is 1. The molecule has 19 heavy (non-hydrogen) atoms. The maximum atomic E-state index is 11.9. The van der Waals surface area contributed by atoms with Gasteiger partial charge in [-0.25, -0.2) is 13.1 Å². The van der Waals surface area contributed by atoms with E-state index in [1.165, 1.54) is 0 Å². The van der Waals surface area contributed by atoms with Crippen LogP contribution in [0.3, 0.4) is 0 Å². The molecule has 0 fully saturated rings. The summed E-state index contributed by atoms with van der Waals surface area (Å²) in [6.45, 7) is 1.67. The van der Waals surface area contributed by atoms with Crippen LogP contribution in [0.2, 0.25) is 0 Å². The molecule has 0 spiro atoms. The Morgan fingerprint density at radius 3 is 2.26 bits per heavy atom. The van der Waals surface area contributed by atoms with Gasteiger partial charge in [0.15, 0.2) is 0 Å². The van der Waals surface area contributed by atoms with Crippen molar-refractivity contribution in [2.45, 2.75) is 24.2 Å². The molecule has 0 amide bonds. The number of ether oxygens (including phenoxy) is 1. The van der Waals surface area contributed by atoms with Gasteiger partial charge in [-0.1, -0.05) is 0 Å². The molecule has 0 saturated carbocycles. The average molecular weight is 298 g/mol. The molecule has 0 radical (unpaired) electrons. The molecular formula is C10H13F3N2O3S. The van der Waals surface area contributed by atoms with Crippen LogP contribution in [0.15, 0.2) is 29.2 Å². The molecule has 0 aromatic heterocycles. The molecule has 1 aromatic rings. The zero-order chi connectivity index (χ0) is 14.7. The highest BCUT2D eigenvalue weighted by atomic mass is 32.2. The van der Waals surface area contributed by atoms with Gasteiger partial charge in [0.2, 0.25) is 10.0 Å². The summed E-state index contributed by atoms with van der Waals surface area (Å²) in [5.74, 6) is -0.488. The smallest absolute Gasteiger partial charge is 0.406 e. The first-order valence-electron chi connectivity index (χ1n) is 5.22. The third-order valence-electron chi connectivity index (χ3n) is 2.08. The molecule has 0 bridgehead atoms. The van der Waals surface area contributed by atoms with Gasteiger partial charge < -0.3 is 10.5 Å². The lowest BCUT2D eigenvalue weighted by Crippen LogP contribution is -2.37. The first-order chi connectivity index (χ1) is 8.64. The third kappa shape index (κ3) is 5.05. The number of benzene rings is 1. The Kier molecular flexibility index (Phi) is 4.77. The highest BCUT2D eigenvalue weighted by Crippen LogP contribution is 2.23. The zero-order valence-corrected chi connectivity index (χ0v) is 10.8. The van der Waals surface area contributed by atoms with Crippen molar-refractivity contribution < 1.29 is 26.3 Å². The summed E-state index contributed by atoms with van der Waals surface area (Å²) >= 11 is 0. The van der Waals surface area contributed by atoms with Gasteiger partial charge >= 0.3 is 6.36 Å². The number of hydrogen-bond donors (Lipinski definition) is 2. The minimum absolute atomic E-state index is 0.106. The summed E-state index contributed by atoms with van der Waals surface area (Å²) in [5.41, 5.74) is 5.28. The number of halogens is 3. The molecule has 1 atom stereocenters. The minimum Gasteiger partial charge on any atom is -0.406 e. The van der Waals surface area contributed by atoms with E-state index < -0.39 is 28.2 Å². The predicted molar refractivity (Wildman–Crippen MR) is 62.0 cm³/mol. The van der Waals surface area contributed by atoms with Crippen LogP contribution in [-0.2, 0) is 10.0 Å². The summed E-state index contributed by atoms with van der Waals surface area (Å²) < 4.78 is 65.2. The van der Waals surface area contributed by atoms with Crippen molar-refractivity contribution in [2.75, 3.05) is 6.54 Å². The summed E-state index contributed by atoms with van der Waals surface area (Å²) in [4.78, 5) is -0.165. The largest absolute Gasteiger partial charge is 0.573 e. The van der Waals surface area contributed by atoms with E-state index in [9.17, 15) is 21.6 Å². The second kappa shape index (κ2) is 5.76. The molecule has 0 aliphatic carbocycles. The van der Waals surface area contributed by atoms with Crippen molar-refractivity contribution in [1.82, 2.24) is 4.72 Å². The van der Waals surface area contributed by atoms with Crippen molar-refractivity contribution in [2.24, 2.45) is 5.73 Å². The molecule has 0 heterocycles. The Labute approximate surface area is 108 Å². The Hall–Kier alpha value is -1.32. The van der Waals surface area contributed by atoms with Crippen LogP contribution in [0.25, 0.3) is 0 Å². The van der Waals surface area contributed by atoms with Crippen LogP contribution >= 0.6 is 0 Å². The summed E-state index contributed by atoms with van der Waals surface area (Å²) in [6.07, 6.45) is -4.81. The molecular weight excluding hydrogens is 285 g/mol. The van der Waals surface area contributed by atoms with Gasteiger partial charge in [0.1, 0.15) is 5.75 Å². The molecule has 5 nitrogen and oxygen atoms in total. The second-order valence-electron chi connectivity index (χ2n) is 3.78. The molecule has 0 saturated heterocycles. The molecule has 3 N–H and O–H groups in total. The Balaban J connectivity index is 2.87. The van der Waals surface area contributed by atoms with E-state index >= 15 is 0 Å². The summed E-state index contributed by atoms with van der Waals surface area (Å²) in [7, 11) is -3.80. The standard InChI is InChI=1S/C10H13F3N2O3S/c1-7(6-14)15-19(16,17)9-4-2-8(3-5-9)18-10(11,12)13/h2-5,7,15H,6,14H2,1H3. The van der Waals surface area contributed by atoms with Crippen LogP contribution in [0, 0.1) is 0 Å². The van der Waals surface area contributed by atoms with Gasteiger partial charge in [-0.2, -0.15) is 0 Å². The maximum Gasteiger partial charge on any atom is 0.573 e. The van der Waals surface area contributed by atoms with Gasteiger partial charge in [0, 0.05) is 12.6 Å². The van der Waals surface area contributed by atoms with E-state index in [-0.39, 0.29) is 11.4 Å². The van der Waals surface area contributed by atoms with Crippen LogP contribution in [0.5, 0.6) is 5.75 Å². The van der Waals surface area contributed by atoms with E-state index in [1.807, 2.05) is 0 Å². The highest BCUT2D eigenvalue weighted by molar-refractivity contribution is 7.89. The van der Waals surface area contributed by atoms with E-state index in [0.717, 1.165) is 24.3 Å². The summed E-state index contributed by atoms with van der Waals surface area (Å²) in [6, 6.07) is 3.42. The third-order valence-corrected chi connectivity index (χ3v) is 3.68. The number of rotatable bonds is 5. The van der Waals surface area contributed by atoms with Gasteiger partial charge in [0.05, 0.1) is 4.90 Å². The predicted octanol–water partition coefficient (Wildman–Crippen LogP) is 1.21.